The largest absolute Gasteiger partial charge is 0.462 e. The zero-order valence-electron chi connectivity index (χ0n) is 8.84. The van der Waals surface area contributed by atoms with E-state index in [1.165, 1.54) is 0 Å². The molecule has 15 heavy (non-hydrogen) atoms. The fourth-order valence-electron chi connectivity index (χ4n) is 0.864. The van der Waals surface area contributed by atoms with Crippen LogP contribution in [0, 0.1) is 0 Å². The highest BCUT2D eigenvalue weighted by atomic mass is 16.5. The molecule has 1 unspecified atom stereocenters. The first-order chi connectivity index (χ1) is 6.97. The van der Waals surface area contributed by atoms with Crippen LogP contribution in [-0.2, 0) is 14.3 Å². The molecule has 0 aliphatic carbocycles. The molecule has 0 heterocycles. The summed E-state index contributed by atoms with van der Waals surface area (Å²) in [6.07, 6.45) is 0.785. The van der Waals surface area contributed by atoms with E-state index in [1.807, 2.05) is 0 Å². The molecule has 84 valence electrons. The number of ether oxygens (including phenoxy) is 1. The van der Waals surface area contributed by atoms with Gasteiger partial charge in [0.25, 0.3) is 0 Å². The third-order valence-corrected chi connectivity index (χ3v) is 1.56. The van der Waals surface area contributed by atoms with Gasteiger partial charge in [-0.2, -0.15) is 4.79 Å². The molecule has 0 bridgehead atoms. The Hall–Kier alpha value is -1.52. The smallest absolute Gasteiger partial charge is 0.323 e. The summed E-state index contributed by atoms with van der Waals surface area (Å²) in [5, 5.41) is 0. The maximum absolute atomic E-state index is 11.2. The van der Waals surface area contributed by atoms with E-state index in [2.05, 4.69) is 4.79 Å². The van der Waals surface area contributed by atoms with Gasteiger partial charge in [-0.15, -0.1) is 0 Å². The number of hydrogen-bond donors (Lipinski definition) is 1. The Morgan fingerprint density at radius 1 is 1.53 bits per heavy atom. The van der Waals surface area contributed by atoms with Crippen LogP contribution in [0.25, 0.3) is 5.53 Å². The minimum absolute atomic E-state index is 0.0540. The van der Waals surface area contributed by atoms with Crippen LogP contribution in [0.2, 0.25) is 0 Å². The van der Waals surface area contributed by atoms with Crippen molar-refractivity contribution in [1.29, 1.82) is 0 Å². The first kappa shape index (κ1) is 13.5. The topological polar surface area (TPSA) is 106 Å². The van der Waals surface area contributed by atoms with Gasteiger partial charge in [-0.05, 0) is 20.3 Å². The highest BCUT2D eigenvalue weighted by Crippen LogP contribution is 1.99. The molecule has 0 saturated carbocycles. The van der Waals surface area contributed by atoms with E-state index in [4.69, 9.17) is 16.0 Å². The Kier molecular flexibility index (Phi) is 6.17. The molecule has 0 aromatic carbocycles. The number of carbonyl (C=O) groups excluding carboxylic acids is 2. The summed E-state index contributed by atoms with van der Waals surface area (Å²) in [5.74, 6) is -0.913. The van der Waals surface area contributed by atoms with Gasteiger partial charge in [0, 0.05) is 6.42 Å². The highest BCUT2D eigenvalue weighted by molar-refractivity contribution is 6.25. The third-order valence-electron chi connectivity index (χ3n) is 1.56. The summed E-state index contributed by atoms with van der Waals surface area (Å²) in [7, 11) is 0. The van der Waals surface area contributed by atoms with Crippen molar-refractivity contribution >= 4 is 18.0 Å². The Bertz CT molecular complexity index is 282. The van der Waals surface area contributed by atoms with E-state index in [0.29, 0.717) is 0 Å². The second-order valence-corrected chi connectivity index (χ2v) is 3.34. The highest BCUT2D eigenvalue weighted by Gasteiger charge is 2.17. The van der Waals surface area contributed by atoms with Crippen molar-refractivity contribution in [2.45, 2.75) is 38.8 Å². The van der Waals surface area contributed by atoms with Crippen LogP contribution in [0.15, 0.2) is 0 Å². The van der Waals surface area contributed by atoms with Crippen molar-refractivity contribution in [2.75, 3.05) is 0 Å². The lowest BCUT2D eigenvalue weighted by Crippen LogP contribution is -2.34. The number of esters is 1. The van der Waals surface area contributed by atoms with E-state index in [-0.39, 0.29) is 24.7 Å². The zero-order chi connectivity index (χ0) is 11.8. The van der Waals surface area contributed by atoms with Crippen molar-refractivity contribution in [3.63, 3.8) is 0 Å². The van der Waals surface area contributed by atoms with Gasteiger partial charge in [0.1, 0.15) is 6.04 Å². The van der Waals surface area contributed by atoms with E-state index in [0.717, 1.165) is 6.21 Å². The number of carbonyl (C=O) groups is 2. The van der Waals surface area contributed by atoms with Crippen LogP contribution in [-0.4, -0.2) is 34.9 Å². The molecule has 0 radical (unpaired) electrons. The standard InChI is InChI=1S/C9H15N3O3/c1-6(2)15-9(14)8(10)4-3-7(13)5-12-11/h5-6,8H,3-4,10H2,1-2H3. The van der Waals surface area contributed by atoms with Gasteiger partial charge >= 0.3 is 12.2 Å². The van der Waals surface area contributed by atoms with E-state index in [1.54, 1.807) is 13.8 Å². The molecule has 0 aromatic rings. The van der Waals surface area contributed by atoms with Gasteiger partial charge in [0.2, 0.25) is 5.78 Å². The first-order valence-electron chi connectivity index (χ1n) is 4.63. The number of ketones is 1. The maximum atomic E-state index is 11.2. The molecular weight excluding hydrogens is 198 g/mol. The number of nitrogens with zero attached hydrogens (tertiary/aromatic N) is 2. The lowest BCUT2D eigenvalue weighted by Gasteiger charge is -2.12. The molecule has 6 heteroatoms. The molecule has 2 N–H and O–H groups in total. The van der Waals surface area contributed by atoms with Gasteiger partial charge in [-0.3, -0.25) is 9.59 Å². The van der Waals surface area contributed by atoms with E-state index < -0.39 is 12.0 Å². The van der Waals surface area contributed by atoms with Crippen LogP contribution in [0.1, 0.15) is 26.7 Å². The molecule has 0 spiro atoms. The monoisotopic (exact) mass is 213 g/mol. The zero-order valence-corrected chi connectivity index (χ0v) is 8.84. The molecule has 0 saturated heterocycles. The molecule has 0 aromatic heterocycles. The Morgan fingerprint density at radius 2 is 2.13 bits per heavy atom. The normalized spacial score (nSPS) is 11.7. The molecule has 6 nitrogen and oxygen atoms in total. The van der Waals surface area contributed by atoms with Crippen molar-refractivity contribution < 1.29 is 19.1 Å². The average molecular weight is 213 g/mol. The fourth-order valence-corrected chi connectivity index (χ4v) is 0.864. The van der Waals surface area contributed by atoms with Crippen LogP contribution < -0.4 is 5.73 Å². The molecule has 0 aliphatic rings. The SMILES string of the molecule is CC(C)OC(=O)C(N)CCC(=O)C=[N+]=[N-]. The van der Waals surface area contributed by atoms with Crippen LogP contribution in [0.3, 0.4) is 0 Å². The lowest BCUT2D eigenvalue weighted by molar-refractivity contribution is -0.149. The quantitative estimate of drug-likeness (QED) is 0.288. The number of Topliss-reactive ketones (excluding diaryl/α,β-unsaturated/α-hetero) is 1. The van der Waals surface area contributed by atoms with Crippen molar-refractivity contribution in [3.8, 4) is 0 Å². The Labute approximate surface area is 88.0 Å². The Balaban J connectivity index is 3.92. The first-order valence-corrected chi connectivity index (χ1v) is 4.63. The molecule has 0 aliphatic heterocycles. The summed E-state index contributed by atoms with van der Waals surface area (Å²) >= 11 is 0. The van der Waals surface area contributed by atoms with Crippen LogP contribution in [0.4, 0.5) is 0 Å². The van der Waals surface area contributed by atoms with Gasteiger partial charge in [0.05, 0.1) is 6.10 Å². The van der Waals surface area contributed by atoms with Gasteiger partial charge in [-0.1, -0.05) is 0 Å². The minimum Gasteiger partial charge on any atom is -0.462 e. The predicted octanol–water partition coefficient (Wildman–Crippen LogP) is -0.0848. The molecule has 0 rings (SSSR count). The number of hydrogen-bond acceptors (Lipinski definition) is 4. The summed E-state index contributed by atoms with van der Waals surface area (Å²) in [6, 6.07) is -0.816. The molecule has 0 fully saturated rings. The number of rotatable bonds is 6. The molecule has 1 atom stereocenters. The predicted molar refractivity (Wildman–Crippen MR) is 53.1 cm³/mol. The second kappa shape index (κ2) is 6.86. The maximum Gasteiger partial charge on any atom is 0.323 e. The van der Waals surface area contributed by atoms with Crippen molar-refractivity contribution in [1.82, 2.24) is 0 Å². The van der Waals surface area contributed by atoms with Crippen molar-refractivity contribution in [3.05, 3.63) is 5.53 Å². The summed E-state index contributed by atoms with van der Waals surface area (Å²) in [5.41, 5.74) is 13.5. The van der Waals surface area contributed by atoms with E-state index >= 15 is 0 Å². The van der Waals surface area contributed by atoms with Gasteiger partial charge in [0.15, 0.2) is 0 Å². The minimum atomic E-state index is -0.816. The second-order valence-electron chi connectivity index (χ2n) is 3.34. The summed E-state index contributed by atoms with van der Waals surface area (Å²) < 4.78 is 4.85. The van der Waals surface area contributed by atoms with E-state index in [9.17, 15) is 9.59 Å². The molecular formula is C9H15N3O3. The van der Waals surface area contributed by atoms with Gasteiger partial charge in [-0.25, -0.2) is 0 Å². The summed E-state index contributed by atoms with van der Waals surface area (Å²) in [4.78, 5) is 24.6. The Morgan fingerprint density at radius 3 is 2.60 bits per heavy atom. The number of nitrogens with two attached hydrogens (primary N) is 1. The fraction of sp³-hybridized carbons (Fsp3) is 0.667. The lowest BCUT2D eigenvalue weighted by atomic mass is 10.1. The summed E-state index contributed by atoms with van der Waals surface area (Å²) in [6.45, 7) is 3.43. The van der Waals surface area contributed by atoms with Crippen molar-refractivity contribution in [2.24, 2.45) is 5.73 Å². The average Bonchev–Trinajstić information content (AvgIpc) is 2.13. The molecule has 0 amide bonds. The van der Waals surface area contributed by atoms with Crippen LogP contribution in [0.5, 0.6) is 0 Å². The van der Waals surface area contributed by atoms with Gasteiger partial charge < -0.3 is 16.0 Å². The van der Waals surface area contributed by atoms with Crippen LogP contribution >= 0.6 is 0 Å². The third kappa shape index (κ3) is 6.54.